The summed E-state index contributed by atoms with van der Waals surface area (Å²) in [6.45, 7) is 5.38. The highest BCUT2D eigenvalue weighted by Gasteiger charge is 2.08. The molecule has 0 bridgehead atoms. The van der Waals surface area contributed by atoms with Crippen molar-refractivity contribution in [3.05, 3.63) is 60.2 Å². The number of hydrogen-bond acceptors (Lipinski definition) is 3. The molecule has 1 saturated heterocycles. The molecule has 0 saturated carbocycles. The molecule has 2 aromatic rings. The van der Waals surface area contributed by atoms with E-state index in [4.69, 9.17) is 9.47 Å². The van der Waals surface area contributed by atoms with Gasteiger partial charge in [-0.2, -0.15) is 0 Å². The van der Waals surface area contributed by atoms with Crippen molar-refractivity contribution in [1.29, 1.82) is 0 Å². The molecule has 0 aliphatic carbocycles. The molecule has 0 amide bonds. The molecule has 0 N–H and O–H groups in total. The van der Waals surface area contributed by atoms with Crippen molar-refractivity contribution in [2.45, 2.75) is 64.4 Å². The van der Waals surface area contributed by atoms with Crippen molar-refractivity contribution in [1.82, 2.24) is 4.90 Å². The van der Waals surface area contributed by atoms with Crippen LogP contribution in [0.1, 0.15) is 63.4 Å². The number of nitrogens with zero attached hydrogens (tertiary/aromatic N) is 1. The van der Waals surface area contributed by atoms with Crippen LogP contribution < -0.4 is 9.47 Å². The highest BCUT2D eigenvalue weighted by Crippen LogP contribution is 2.19. The first kappa shape index (κ1) is 24.6. The zero-order chi connectivity index (χ0) is 20.0. The second-order valence-electron chi connectivity index (χ2n) is 8.12. The molecule has 0 aromatic heterocycles. The van der Waals surface area contributed by atoms with E-state index in [1.807, 2.05) is 42.5 Å². The molecule has 166 valence electrons. The lowest BCUT2D eigenvalue weighted by molar-refractivity contribution is 0.224. The highest BCUT2D eigenvalue weighted by molar-refractivity contribution is 5.85. The van der Waals surface area contributed by atoms with E-state index < -0.39 is 0 Å². The molecule has 1 aliphatic rings. The van der Waals surface area contributed by atoms with E-state index >= 15 is 0 Å². The molecule has 0 spiro atoms. The lowest BCUT2D eigenvalue weighted by Gasteiger charge is -2.26. The van der Waals surface area contributed by atoms with Crippen LogP contribution in [0.15, 0.2) is 54.6 Å². The van der Waals surface area contributed by atoms with Gasteiger partial charge in [-0.1, -0.05) is 62.4 Å². The van der Waals surface area contributed by atoms with Gasteiger partial charge in [-0.15, -0.1) is 12.4 Å². The maximum absolute atomic E-state index is 5.87. The fourth-order valence-corrected chi connectivity index (χ4v) is 3.89. The molecule has 0 radical (unpaired) electrons. The van der Waals surface area contributed by atoms with Gasteiger partial charge in [0, 0.05) is 0 Å². The summed E-state index contributed by atoms with van der Waals surface area (Å²) in [5.41, 5.74) is 1.18. The molecule has 30 heavy (non-hydrogen) atoms. The summed E-state index contributed by atoms with van der Waals surface area (Å²) >= 11 is 0. The number of rotatable bonds is 13. The Hall–Kier alpha value is -1.71. The zero-order valence-electron chi connectivity index (χ0n) is 18.3. The zero-order valence-corrected chi connectivity index (χ0v) is 19.1. The molecular formula is C26H38ClNO2. The van der Waals surface area contributed by atoms with Gasteiger partial charge in [0.25, 0.3) is 0 Å². The predicted octanol–water partition coefficient (Wildman–Crippen LogP) is 6.89. The van der Waals surface area contributed by atoms with E-state index in [2.05, 4.69) is 17.0 Å². The first-order chi connectivity index (χ1) is 14.4. The van der Waals surface area contributed by atoms with Crippen LogP contribution in [0.3, 0.4) is 0 Å². The van der Waals surface area contributed by atoms with Gasteiger partial charge in [-0.25, -0.2) is 0 Å². The van der Waals surface area contributed by atoms with E-state index in [1.165, 1.54) is 76.6 Å². The Bertz CT molecular complexity index is 656. The molecule has 3 nitrogen and oxygen atoms in total. The number of piperidine rings is 1. The van der Waals surface area contributed by atoms with Crippen LogP contribution in [0.4, 0.5) is 0 Å². The normalized spacial score (nSPS) is 14.1. The molecule has 3 rings (SSSR count). The Kier molecular flexibility index (Phi) is 12.4. The minimum Gasteiger partial charge on any atom is -0.494 e. The van der Waals surface area contributed by atoms with Gasteiger partial charge >= 0.3 is 0 Å². The molecule has 2 aromatic carbocycles. The van der Waals surface area contributed by atoms with Crippen LogP contribution in [-0.2, 0) is 6.61 Å². The van der Waals surface area contributed by atoms with Gasteiger partial charge in [-0.3, -0.25) is 0 Å². The third-order valence-electron chi connectivity index (χ3n) is 5.66. The molecule has 4 heteroatoms. The summed E-state index contributed by atoms with van der Waals surface area (Å²) in [6.07, 6.45) is 12.1. The quantitative estimate of drug-likeness (QED) is 0.322. The third kappa shape index (κ3) is 9.86. The predicted molar refractivity (Wildman–Crippen MR) is 128 cm³/mol. The second kappa shape index (κ2) is 15.1. The number of ether oxygens (including phenoxy) is 2. The number of likely N-dealkylation sites (tertiary alicyclic amines) is 1. The second-order valence-corrected chi connectivity index (χ2v) is 8.12. The number of unbranched alkanes of at least 4 members (excludes halogenated alkanes) is 5. The standard InChI is InChI=1S/C26H37NO2.ClH/c1(3-9-19-27-20-10-6-11-21-27)2-4-12-22-28-25-15-17-26(18-16-25)29-23-24-13-7-5-8-14-24;/h5,7-8,13-18H,1-4,6,9-12,19-23H2;1H. The van der Waals surface area contributed by atoms with Crippen molar-refractivity contribution in [2.24, 2.45) is 0 Å². The Morgan fingerprint density at radius 2 is 1.23 bits per heavy atom. The molecule has 0 unspecified atom stereocenters. The Labute approximate surface area is 189 Å². The summed E-state index contributed by atoms with van der Waals surface area (Å²) in [5, 5.41) is 0. The van der Waals surface area contributed by atoms with Crippen LogP contribution in [0.5, 0.6) is 11.5 Å². The van der Waals surface area contributed by atoms with Gasteiger partial charge in [0.2, 0.25) is 0 Å². The topological polar surface area (TPSA) is 21.7 Å². The van der Waals surface area contributed by atoms with E-state index in [1.54, 1.807) is 0 Å². The minimum absolute atomic E-state index is 0. The molecule has 1 fully saturated rings. The van der Waals surface area contributed by atoms with Gasteiger partial charge in [0.05, 0.1) is 6.61 Å². The minimum atomic E-state index is 0. The number of halogens is 1. The SMILES string of the molecule is Cl.c1ccc(COc2ccc(OCCCCCCCCN3CCCCC3)cc2)cc1. The Morgan fingerprint density at radius 3 is 1.93 bits per heavy atom. The first-order valence-electron chi connectivity index (χ1n) is 11.5. The van der Waals surface area contributed by atoms with Gasteiger partial charge in [0.1, 0.15) is 18.1 Å². The fraction of sp³-hybridized carbons (Fsp3) is 0.538. The van der Waals surface area contributed by atoms with Crippen molar-refractivity contribution < 1.29 is 9.47 Å². The molecular weight excluding hydrogens is 394 g/mol. The lowest BCUT2D eigenvalue weighted by atomic mass is 10.1. The van der Waals surface area contributed by atoms with Gasteiger partial charge in [0.15, 0.2) is 0 Å². The molecule has 0 atom stereocenters. The van der Waals surface area contributed by atoms with Gasteiger partial charge < -0.3 is 14.4 Å². The maximum Gasteiger partial charge on any atom is 0.120 e. The Balaban J connectivity index is 0.00000320. The van der Waals surface area contributed by atoms with Crippen molar-refractivity contribution in [2.75, 3.05) is 26.2 Å². The van der Waals surface area contributed by atoms with E-state index in [0.29, 0.717) is 6.61 Å². The van der Waals surface area contributed by atoms with Crippen LogP contribution in [0, 0.1) is 0 Å². The molecule has 1 heterocycles. The summed E-state index contributed by atoms with van der Waals surface area (Å²) in [7, 11) is 0. The van der Waals surface area contributed by atoms with E-state index in [0.717, 1.165) is 24.5 Å². The average molecular weight is 432 g/mol. The van der Waals surface area contributed by atoms with Crippen molar-refractivity contribution in [3.8, 4) is 11.5 Å². The summed E-state index contributed by atoms with van der Waals surface area (Å²) < 4.78 is 11.7. The number of benzene rings is 2. The van der Waals surface area contributed by atoms with E-state index in [9.17, 15) is 0 Å². The first-order valence-corrected chi connectivity index (χ1v) is 11.5. The average Bonchev–Trinajstić information content (AvgIpc) is 2.79. The smallest absolute Gasteiger partial charge is 0.120 e. The summed E-state index contributed by atoms with van der Waals surface area (Å²) in [6, 6.07) is 18.2. The largest absolute Gasteiger partial charge is 0.494 e. The van der Waals surface area contributed by atoms with E-state index in [-0.39, 0.29) is 12.4 Å². The summed E-state index contributed by atoms with van der Waals surface area (Å²) in [5.74, 6) is 1.81. The monoisotopic (exact) mass is 431 g/mol. The van der Waals surface area contributed by atoms with Crippen LogP contribution in [0.25, 0.3) is 0 Å². The number of hydrogen-bond donors (Lipinski definition) is 0. The lowest BCUT2D eigenvalue weighted by Crippen LogP contribution is -2.30. The van der Waals surface area contributed by atoms with Crippen molar-refractivity contribution >= 4 is 12.4 Å². The van der Waals surface area contributed by atoms with Crippen LogP contribution >= 0.6 is 12.4 Å². The summed E-state index contributed by atoms with van der Waals surface area (Å²) in [4.78, 5) is 2.65. The Morgan fingerprint density at radius 1 is 0.633 bits per heavy atom. The van der Waals surface area contributed by atoms with Crippen molar-refractivity contribution in [3.63, 3.8) is 0 Å². The molecule has 1 aliphatic heterocycles. The fourth-order valence-electron chi connectivity index (χ4n) is 3.89. The third-order valence-corrected chi connectivity index (χ3v) is 5.66. The highest BCUT2D eigenvalue weighted by atomic mass is 35.5. The maximum atomic E-state index is 5.87. The van der Waals surface area contributed by atoms with Gasteiger partial charge in [-0.05, 0) is 75.1 Å². The van der Waals surface area contributed by atoms with Crippen LogP contribution in [0.2, 0.25) is 0 Å². The van der Waals surface area contributed by atoms with Crippen LogP contribution in [-0.4, -0.2) is 31.1 Å².